The van der Waals surface area contributed by atoms with Gasteiger partial charge in [-0.2, -0.15) is 0 Å². The van der Waals surface area contributed by atoms with Crippen LogP contribution in [0.3, 0.4) is 0 Å². The van der Waals surface area contributed by atoms with Crippen LogP contribution in [-0.2, 0) is 10.0 Å². The molecule has 1 heterocycles. The van der Waals surface area contributed by atoms with Crippen molar-refractivity contribution in [3.8, 4) is 0 Å². The Bertz CT molecular complexity index is 696. The highest BCUT2D eigenvalue weighted by Gasteiger charge is 2.15. The number of benzene rings is 1. The SMILES string of the molecule is C=Nc1ccc(S(=O)(=O)Nc2nccc(C)n2)cc1. The Morgan fingerprint density at radius 2 is 1.89 bits per heavy atom. The van der Waals surface area contributed by atoms with E-state index >= 15 is 0 Å². The lowest BCUT2D eigenvalue weighted by atomic mass is 10.3. The highest BCUT2D eigenvalue weighted by atomic mass is 32.2. The van der Waals surface area contributed by atoms with Crippen LogP contribution in [0.4, 0.5) is 11.6 Å². The standard InChI is InChI=1S/C12H12N4O2S/c1-9-7-8-14-12(15-9)16-19(17,18)11-5-3-10(13-2)4-6-11/h3-8H,2H2,1H3,(H,14,15,16). The summed E-state index contributed by atoms with van der Waals surface area (Å²) < 4.78 is 26.5. The second-order valence-corrected chi connectivity index (χ2v) is 5.46. The molecule has 6 nitrogen and oxygen atoms in total. The number of nitrogens with one attached hydrogen (secondary N) is 1. The fourth-order valence-corrected chi connectivity index (χ4v) is 2.36. The number of nitrogens with zero attached hydrogens (tertiary/aromatic N) is 3. The minimum Gasteiger partial charge on any atom is -0.265 e. The molecule has 1 aromatic carbocycles. The van der Waals surface area contributed by atoms with Gasteiger partial charge in [0.1, 0.15) is 0 Å². The number of aromatic nitrogens is 2. The van der Waals surface area contributed by atoms with E-state index in [1.54, 1.807) is 25.1 Å². The Kier molecular flexibility index (Phi) is 3.57. The molecular formula is C12H12N4O2S. The number of aliphatic imine (C=N–C) groups is 1. The van der Waals surface area contributed by atoms with Gasteiger partial charge in [-0.25, -0.2) is 23.1 Å². The molecule has 0 unspecified atom stereocenters. The Morgan fingerprint density at radius 1 is 1.21 bits per heavy atom. The third kappa shape index (κ3) is 3.14. The molecule has 0 fully saturated rings. The Hall–Kier alpha value is -2.28. The van der Waals surface area contributed by atoms with E-state index in [4.69, 9.17) is 0 Å². The fraction of sp³-hybridized carbons (Fsp3) is 0.0833. The summed E-state index contributed by atoms with van der Waals surface area (Å²) in [6.45, 7) is 5.12. The number of hydrogen-bond donors (Lipinski definition) is 1. The van der Waals surface area contributed by atoms with Gasteiger partial charge >= 0.3 is 0 Å². The van der Waals surface area contributed by atoms with Gasteiger partial charge in [0, 0.05) is 11.9 Å². The Balaban J connectivity index is 2.29. The maximum atomic E-state index is 12.1. The third-order valence-corrected chi connectivity index (χ3v) is 3.69. The third-order valence-electron chi connectivity index (χ3n) is 2.35. The second-order valence-electron chi connectivity index (χ2n) is 3.78. The summed E-state index contributed by atoms with van der Waals surface area (Å²) in [5, 5.41) is 0. The zero-order valence-corrected chi connectivity index (χ0v) is 11.1. The van der Waals surface area contributed by atoms with E-state index in [0.29, 0.717) is 11.4 Å². The zero-order chi connectivity index (χ0) is 13.9. The average Bonchev–Trinajstić information content (AvgIpc) is 2.38. The topological polar surface area (TPSA) is 84.3 Å². The lowest BCUT2D eigenvalue weighted by Crippen LogP contribution is -2.15. The quantitative estimate of drug-likeness (QED) is 0.864. The van der Waals surface area contributed by atoms with Gasteiger partial charge in [0.2, 0.25) is 5.95 Å². The van der Waals surface area contributed by atoms with Gasteiger partial charge in [0.15, 0.2) is 0 Å². The van der Waals surface area contributed by atoms with Gasteiger partial charge in [-0.1, -0.05) is 0 Å². The molecule has 0 atom stereocenters. The normalized spacial score (nSPS) is 11.0. The summed E-state index contributed by atoms with van der Waals surface area (Å²) in [6, 6.07) is 7.71. The molecule has 2 aromatic rings. The van der Waals surface area contributed by atoms with Gasteiger partial charge in [0.25, 0.3) is 10.0 Å². The van der Waals surface area contributed by atoms with E-state index in [9.17, 15) is 8.42 Å². The maximum Gasteiger partial charge on any atom is 0.264 e. The van der Waals surface area contributed by atoms with Gasteiger partial charge in [-0.15, -0.1) is 0 Å². The van der Waals surface area contributed by atoms with Crippen molar-refractivity contribution in [3.05, 3.63) is 42.2 Å². The molecule has 0 saturated carbocycles. The first-order valence-corrected chi connectivity index (χ1v) is 6.89. The van der Waals surface area contributed by atoms with Gasteiger partial charge in [0.05, 0.1) is 10.6 Å². The van der Waals surface area contributed by atoms with Crippen molar-refractivity contribution in [2.45, 2.75) is 11.8 Å². The second kappa shape index (κ2) is 5.15. The molecule has 1 aromatic heterocycles. The molecule has 0 radical (unpaired) electrons. The first-order chi connectivity index (χ1) is 9.01. The summed E-state index contributed by atoms with van der Waals surface area (Å²) >= 11 is 0. The number of aryl methyl sites for hydroxylation is 1. The zero-order valence-electron chi connectivity index (χ0n) is 10.2. The predicted molar refractivity (Wildman–Crippen MR) is 73.2 cm³/mol. The Labute approximate surface area is 111 Å². The van der Waals surface area contributed by atoms with Crippen LogP contribution < -0.4 is 4.72 Å². The van der Waals surface area contributed by atoms with Crippen molar-refractivity contribution in [1.29, 1.82) is 0 Å². The van der Waals surface area contributed by atoms with E-state index in [0.717, 1.165) is 0 Å². The molecule has 7 heteroatoms. The molecule has 2 rings (SSSR count). The fourth-order valence-electron chi connectivity index (χ4n) is 1.41. The van der Waals surface area contributed by atoms with Crippen molar-refractivity contribution >= 4 is 28.4 Å². The highest BCUT2D eigenvalue weighted by molar-refractivity contribution is 7.92. The molecule has 0 aliphatic rings. The monoisotopic (exact) mass is 276 g/mol. The molecule has 0 spiro atoms. The smallest absolute Gasteiger partial charge is 0.264 e. The summed E-state index contributed by atoms with van der Waals surface area (Å²) in [6.07, 6.45) is 1.49. The van der Waals surface area contributed by atoms with Crippen molar-refractivity contribution in [1.82, 2.24) is 9.97 Å². The lowest BCUT2D eigenvalue weighted by molar-refractivity contribution is 0.601. The van der Waals surface area contributed by atoms with Gasteiger partial charge < -0.3 is 0 Å². The highest BCUT2D eigenvalue weighted by Crippen LogP contribution is 2.17. The predicted octanol–water partition coefficient (Wildman–Crippen LogP) is 1.92. The molecule has 98 valence electrons. The molecule has 0 bridgehead atoms. The van der Waals surface area contributed by atoms with Crippen LogP contribution in [0, 0.1) is 6.92 Å². The maximum absolute atomic E-state index is 12.1. The van der Waals surface area contributed by atoms with Crippen molar-refractivity contribution in [2.24, 2.45) is 4.99 Å². The van der Waals surface area contributed by atoms with Crippen LogP contribution in [0.15, 0.2) is 46.4 Å². The van der Waals surface area contributed by atoms with Crippen LogP contribution in [0.1, 0.15) is 5.69 Å². The first kappa shape index (κ1) is 13.2. The first-order valence-electron chi connectivity index (χ1n) is 5.40. The molecule has 0 aliphatic heterocycles. The summed E-state index contributed by atoms with van der Waals surface area (Å²) in [5.74, 6) is 0.0472. The van der Waals surface area contributed by atoms with Crippen LogP contribution in [0.5, 0.6) is 0 Å². The molecule has 0 aliphatic carbocycles. The summed E-state index contributed by atoms with van der Waals surface area (Å²) in [7, 11) is -3.69. The van der Waals surface area contributed by atoms with E-state index in [1.165, 1.54) is 18.3 Å². The summed E-state index contributed by atoms with van der Waals surface area (Å²) in [5.41, 5.74) is 1.28. The van der Waals surface area contributed by atoms with E-state index in [2.05, 4.69) is 26.4 Å². The van der Waals surface area contributed by atoms with Crippen molar-refractivity contribution in [2.75, 3.05) is 4.72 Å². The van der Waals surface area contributed by atoms with Crippen LogP contribution in [0.2, 0.25) is 0 Å². The van der Waals surface area contributed by atoms with Crippen molar-refractivity contribution in [3.63, 3.8) is 0 Å². The average molecular weight is 276 g/mol. The molecule has 0 amide bonds. The molecule has 19 heavy (non-hydrogen) atoms. The lowest BCUT2D eigenvalue weighted by Gasteiger charge is -2.06. The molecule has 0 saturated heterocycles. The molecular weight excluding hydrogens is 264 g/mol. The molecule has 1 N–H and O–H groups in total. The number of hydrogen-bond acceptors (Lipinski definition) is 5. The van der Waals surface area contributed by atoms with E-state index < -0.39 is 10.0 Å². The van der Waals surface area contributed by atoms with E-state index in [-0.39, 0.29) is 10.8 Å². The van der Waals surface area contributed by atoms with E-state index in [1.807, 2.05) is 0 Å². The number of sulfonamides is 1. The van der Waals surface area contributed by atoms with Crippen molar-refractivity contribution < 1.29 is 8.42 Å². The minimum absolute atomic E-state index is 0.0472. The van der Waals surface area contributed by atoms with Gasteiger partial charge in [-0.3, -0.25) is 4.99 Å². The van der Waals surface area contributed by atoms with Gasteiger partial charge in [-0.05, 0) is 44.0 Å². The summed E-state index contributed by atoms with van der Waals surface area (Å²) in [4.78, 5) is 11.7. The minimum atomic E-state index is -3.69. The Morgan fingerprint density at radius 3 is 2.47 bits per heavy atom. The number of rotatable bonds is 4. The van der Waals surface area contributed by atoms with Crippen LogP contribution >= 0.6 is 0 Å². The largest absolute Gasteiger partial charge is 0.265 e. The van der Waals surface area contributed by atoms with Crippen LogP contribution in [0.25, 0.3) is 0 Å². The number of anilines is 1. The van der Waals surface area contributed by atoms with Crippen LogP contribution in [-0.4, -0.2) is 25.1 Å².